The topological polar surface area (TPSA) is 82.9 Å². The molecule has 4 rings (SSSR count). The van der Waals surface area contributed by atoms with Crippen LogP contribution in [0.25, 0.3) is 11.0 Å². The number of amides is 1. The van der Waals surface area contributed by atoms with Crippen molar-refractivity contribution in [2.45, 2.75) is 23.9 Å². The lowest BCUT2D eigenvalue weighted by atomic mass is 10.1. The van der Waals surface area contributed by atoms with Crippen LogP contribution in [0.3, 0.4) is 0 Å². The molecule has 4 aromatic rings. The van der Waals surface area contributed by atoms with Crippen LogP contribution in [0.5, 0.6) is 0 Å². The van der Waals surface area contributed by atoms with Gasteiger partial charge in [-0.2, -0.15) is 8.42 Å². The molecule has 0 radical (unpaired) electrons. The van der Waals surface area contributed by atoms with Gasteiger partial charge in [0.2, 0.25) is 5.91 Å². The number of carbonyl (C=O) groups is 1. The van der Waals surface area contributed by atoms with Crippen LogP contribution in [0.15, 0.2) is 82.8 Å². The maximum Gasteiger partial charge on any atom is 0.336 e. The number of imidazole rings is 1. The van der Waals surface area contributed by atoms with E-state index in [2.05, 4.69) is 10.3 Å². The summed E-state index contributed by atoms with van der Waals surface area (Å²) in [5.41, 5.74) is 4.06. The number of carbonyl (C=O) groups excluding carboxylic acids is 1. The molecule has 0 atom stereocenters. The third-order valence-electron chi connectivity index (χ3n) is 4.83. The van der Waals surface area contributed by atoms with Crippen LogP contribution in [0, 0.1) is 13.8 Å². The molecule has 0 fully saturated rings. The second kappa shape index (κ2) is 8.56. The fourth-order valence-electron chi connectivity index (χ4n) is 3.34. The van der Waals surface area contributed by atoms with E-state index in [9.17, 15) is 13.2 Å². The molecule has 0 unspecified atom stereocenters. The van der Waals surface area contributed by atoms with Gasteiger partial charge in [-0.1, -0.05) is 48.0 Å². The van der Waals surface area contributed by atoms with Gasteiger partial charge in [-0.25, -0.2) is 4.98 Å². The van der Waals surface area contributed by atoms with Crippen LogP contribution in [0.1, 0.15) is 11.1 Å². The number of nitrogens with one attached hydrogen (secondary N) is 2. The van der Waals surface area contributed by atoms with Crippen LogP contribution in [0.4, 0.5) is 5.69 Å². The third kappa shape index (κ3) is 4.35. The van der Waals surface area contributed by atoms with Gasteiger partial charge < -0.3 is 5.32 Å². The number of aromatic nitrogens is 2. The van der Waals surface area contributed by atoms with Crippen molar-refractivity contribution in [2.75, 3.05) is 11.1 Å². The summed E-state index contributed by atoms with van der Waals surface area (Å²) in [5.74, 6) is -0.149. The molecule has 1 amide bonds. The number of nitrogens with zero attached hydrogens (tertiary/aromatic N) is 1. The van der Waals surface area contributed by atoms with Crippen LogP contribution < -0.4 is 9.29 Å². The number of aryl methyl sites for hydroxylation is 2. The summed E-state index contributed by atoms with van der Waals surface area (Å²) in [6.07, 6.45) is 0. The largest absolute Gasteiger partial charge is 0.336 e. The molecule has 31 heavy (non-hydrogen) atoms. The fourth-order valence-corrected chi connectivity index (χ4v) is 5.92. The fraction of sp³-hybridized carbons (Fsp3) is 0.130. The molecule has 1 aromatic heterocycles. The van der Waals surface area contributed by atoms with Gasteiger partial charge >= 0.3 is 15.2 Å². The first-order valence-corrected chi connectivity index (χ1v) is 12.1. The van der Waals surface area contributed by atoms with Gasteiger partial charge in [-0.3, -0.25) is 4.79 Å². The van der Waals surface area contributed by atoms with Gasteiger partial charge in [0.05, 0.1) is 5.75 Å². The van der Waals surface area contributed by atoms with E-state index >= 15 is 0 Å². The Bertz CT molecular complexity index is 1360. The minimum absolute atomic E-state index is 0.0600. The monoisotopic (exact) mass is 452 g/mol. The molecule has 0 aliphatic carbocycles. The first-order chi connectivity index (χ1) is 14.9. The normalized spacial score (nSPS) is 11.5. The highest BCUT2D eigenvalue weighted by Crippen LogP contribution is 2.22. The second-order valence-electron chi connectivity index (χ2n) is 7.19. The SMILES string of the molecule is Cc1ccc(NC(=O)CSc2[nH]c3ccccc3[n+]2S(=O)(=O)c2ccccc2)c(C)c1. The van der Waals surface area contributed by atoms with E-state index in [1.54, 1.807) is 42.5 Å². The predicted octanol–water partition coefficient (Wildman–Crippen LogP) is 4.04. The molecule has 3 aromatic carbocycles. The number of fused-ring (bicyclic) bond motifs is 1. The Kier molecular flexibility index (Phi) is 5.84. The van der Waals surface area contributed by atoms with Crippen LogP contribution in [-0.4, -0.2) is 25.1 Å². The molecule has 8 heteroatoms. The molecule has 6 nitrogen and oxygen atoms in total. The lowest BCUT2D eigenvalue weighted by Gasteiger charge is -2.08. The first-order valence-electron chi connectivity index (χ1n) is 9.69. The van der Waals surface area contributed by atoms with Gasteiger partial charge in [0.15, 0.2) is 11.0 Å². The zero-order valence-corrected chi connectivity index (χ0v) is 18.8. The van der Waals surface area contributed by atoms with Crippen molar-refractivity contribution in [3.8, 4) is 0 Å². The molecule has 2 N–H and O–H groups in total. The predicted molar refractivity (Wildman–Crippen MR) is 123 cm³/mol. The maximum atomic E-state index is 13.4. The highest BCUT2D eigenvalue weighted by Gasteiger charge is 2.31. The minimum atomic E-state index is -3.84. The number of benzene rings is 3. The van der Waals surface area contributed by atoms with Crippen molar-refractivity contribution in [1.82, 2.24) is 4.98 Å². The molecule has 0 saturated carbocycles. The minimum Gasteiger partial charge on any atom is -0.325 e. The van der Waals surface area contributed by atoms with Crippen LogP contribution in [-0.2, 0) is 14.8 Å². The summed E-state index contributed by atoms with van der Waals surface area (Å²) in [6, 6.07) is 21.2. The smallest absolute Gasteiger partial charge is 0.325 e. The van der Waals surface area contributed by atoms with E-state index in [0.717, 1.165) is 28.6 Å². The van der Waals surface area contributed by atoms with Gasteiger partial charge in [0.1, 0.15) is 4.90 Å². The number of hydrogen-bond acceptors (Lipinski definition) is 4. The van der Waals surface area contributed by atoms with E-state index < -0.39 is 10.0 Å². The van der Waals surface area contributed by atoms with Crippen molar-refractivity contribution in [3.05, 3.63) is 83.9 Å². The molecule has 0 aliphatic rings. The van der Waals surface area contributed by atoms with E-state index in [1.807, 2.05) is 44.2 Å². The number of thioether (sulfide) groups is 1. The number of rotatable bonds is 6. The van der Waals surface area contributed by atoms with Crippen LogP contribution >= 0.6 is 11.8 Å². The van der Waals surface area contributed by atoms with E-state index in [1.165, 1.54) is 3.97 Å². The summed E-state index contributed by atoms with van der Waals surface area (Å²) < 4.78 is 28.0. The highest BCUT2D eigenvalue weighted by atomic mass is 32.2. The van der Waals surface area contributed by atoms with Crippen molar-refractivity contribution in [2.24, 2.45) is 0 Å². The number of hydrogen-bond donors (Lipinski definition) is 2. The molecule has 0 aliphatic heterocycles. The lowest BCUT2D eigenvalue weighted by molar-refractivity contribution is -0.526. The average molecular weight is 453 g/mol. The Morgan fingerprint density at radius 2 is 1.71 bits per heavy atom. The van der Waals surface area contributed by atoms with Crippen molar-refractivity contribution in [3.63, 3.8) is 0 Å². The van der Waals surface area contributed by atoms with E-state index in [0.29, 0.717) is 16.2 Å². The molecule has 0 saturated heterocycles. The standard InChI is InChI=1S/C23H21N3O3S2/c1-16-12-13-19(17(2)14-16)24-22(27)15-30-23-25-20-10-6-7-11-21(20)26(23)31(28,29)18-8-4-3-5-9-18/h3-14H,15H2,1-2H3,(H,24,27)/p+1. The van der Waals surface area contributed by atoms with Gasteiger partial charge in [0.25, 0.3) is 0 Å². The summed E-state index contributed by atoms with van der Waals surface area (Å²) in [4.78, 5) is 15.9. The maximum absolute atomic E-state index is 13.4. The Balaban J connectivity index is 1.64. The second-order valence-corrected chi connectivity index (χ2v) is 9.94. The Labute approximate surface area is 185 Å². The van der Waals surface area contributed by atoms with Crippen LogP contribution in [0.2, 0.25) is 0 Å². The highest BCUT2D eigenvalue weighted by molar-refractivity contribution is 8.00. The molecule has 0 bridgehead atoms. The van der Waals surface area contributed by atoms with Crippen molar-refractivity contribution in [1.29, 1.82) is 0 Å². The number of para-hydroxylation sites is 2. The zero-order chi connectivity index (χ0) is 22.0. The Morgan fingerprint density at radius 1 is 1.00 bits per heavy atom. The molecular weight excluding hydrogens is 430 g/mol. The average Bonchev–Trinajstić information content (AvgIpc) is 3.14. The summed E-state index contributed by atoms with van der Waals surface area (Å²) in [5, 5.41) is 3.27. The van der Waals surface area contributed by atoms with E-state index in [4.69, 9.17) is 0 Å². The quantitative estimate of drug-likeness (QED) is 0.342. The van der Waals surface area contributed by atoms with Gasteiger partial charge in [0, 0.05) is 5.69 Å². The lowest BCUT2D eigenvalue weighted by Crippen LogP contribution is -2.44. The third-order valence-corrected chi connectivity index (χ3v) is 7.63. The molecule has 0 spiro atoms. The summed E-state index contributed by atoms with van der Waals surface area (Å²) in [7, 11) is -3.84. The Morgan fingerprint density at radius 3 is 2.45 bits per heavy atom. The van der Waals surface area contributed by atoms with Gasteiger partial charge in [-0.15, -0.1) is 3.97 Å². The number of anilines is 1. The van der Waals surface area contributed by atoms with Crippen molar-refractivity contribution < 1.29 is 17.2 Å². The molecule has 158 valence electrons. The summed E-state index contributed by atoms with van der Waals surface area (Å²) in [6.45, 7) is 3.93. The first kappa shape index (κ1) is 21.1. The van der Waals surface area contributed by atoms with Gasteiger partial charge in [-0.05, 0) is 61.5 Å². The molecule has 1 heterocycles. The van der Waals surface area contributed by atoms with Crippen molar-refractivity contribution >= 4 is 44.4 Å². The summed E-state index contributed by atoms with van der Waals surface area (Å²) >= 11 is 1.15. The number of H-pyrrole nitrogens is 1. The zero-order valence-electron chi connectivity index (χ0n) is 17.1. The number of aromatic amines is 1. The van der Waals surface area contributed by atoms with E-state index in [-0.39, 0.29) is 16.6 Å². The molecular formula is C23H22N3O3S2+. The Hall–Kier alpha value is -3.10.